The Bertz CT molecular complexity index is 1490. The number of benzene rings is 2. The van der Waals surface area contributed by atoms with Crippen LogP contribution in [0.4, 0.5) is 5.69 Å². The number of esters is 1. The van der Waals surface area contributed by atoms with E-state index < -0.39 is 11.9 Å². The van der Waals surface area contributed by atoms with Crippen LogP contribution in [0.3, 0.4) is 0 Å². The van der Waals surface area contributed by atoms with Crippen molar-refractivity contribution in [3.63, 3.8) is 0 Å². The summed E-state index contributed by atoms with van der Waals surface area (Å²) in [5.41, 5.74) is 9.77. The van der Waals surface area contributed by atoms with Gasteiger partial charge in [0.25, 0.3) is 5.91 Å². The Hall–Kier alpha value is -4.79. The normalized spacial score (nSPS) is 10.8. The standard InChI is InChI=1S/C29H29N5O4/c1-3-38-26(36)17-34(29(37)24-6-4-5-15-32-24)21-12-13-23-22(16-21)27(18(2)33-23)25(35)14-9-19-7-10-20(11-8-19)28(30)31/h4-8,10-13,15-16,33H,3,9,14,17H2,1-2H3,(H3,30,31). The molecule has 0 bridgehead atoms. The molecule has 4 rings (SSSR count). The van der Waals surface area contributed by atoms with E-state index in [0.717, 1.165) is 16.8 Å². The van der Waals surface area contributed by atoms with Crippen LogP contribution < -0.4 is 10.6 Å². The predicted molar refractivity (Wildman–Crippen MR) is 146 cm³/mol. The number of amides is 1. The molecule has 0 unspecified atom stereocenters. The highest BCUT2D eigenvalue weighted by Gasteiger charge is 2.24. The Morgan fingerprint density at radius 1 is 1.08 bits per heavy atom. The first-order chi connectivity index (χ1) is 18.3. The van der Waals surface area contributed by atoms with Crippen LogP contribution >= 0.6 is 0 Å². The number of aryl methyl sites for hydroxylation is 2. The van der Waals surface area contributed by atoms with Gasteiger partial charge in [0.1, 0.15) is 18.1 Å². The summed E-state index contributed by atoms with van der Waals surface area (Å²) in [6.07, 6.45) is 2.31. The molecule has 2 aromatic heterocycles. The number of ketones is 1. The molecule has 1 amide bonds. The van der Waals surface area contributed by atoms with Gasteiger partial charge in [0.2, 0.25) is 0 Å². The lowest BCUT2D eigenvalue weighted by Gasteiger charge is -2.22. The SMILES string of the molecule is CCOC(=O)CN(C(=O)c1ccccn1)c1ccc2[nH]c(C)c(C(=O)CCc3ccc(C(=N)N)cc3)c2c1. The number of nitrogens with zero attached hydrogens (tertiary/aromatic N) is 2. The summed E-state index contributed by atoms with van der Waals surface area (Å²) >= 11 is 0. The summed E-state index contributed by atoms with van der Waals surface area (Å²) in [5.74, 6) is -1.05. The lowest BCUT2D eigenvalue weighted by molar-refractivity contribution is -0.141. The van der Waals surface area contributed by atoms with Gasteiger partial charge in [-0.3, -0.25) is 29.7 Å². The van der Waals surface area contributed by atoms with E-state index in [-0.39, 0.29) is 36.9 Å². The molecule has 194 valence electrons. The molecule has 0 atom stereocenters. The topological polar surface area (TPSA) is 142 Å². The van der Waals surface area contributed by atoms with Crippen LogP contribution in [-0.4, -0.2) is 46.6 Å². The molecule has 4 N–H and O–H groups in total. The average molecular weight is 512 g/mol. The van der Waals surface area contributed by atoms with Crippen molar-refractivity contribution >= 4 is 40.1 Å². The van der Waals surface area contributed by atoms with Crippen molar-refractivity contribution in [2.24, 2.45) is 5.73 Å². The zero-order valence-corrected chi connectivity index (χ0v) is 21.3. The van der Waals surface area contributed by atoms with E-state index in [0.29, 0.717) is 28.6 Å². The van der Waals surface area contributed by atoms with Crippen LogP contribution in [-0.2, 0) is 16.0 Å². The summed E-state index contributed by atoms with van der Waals surface area (Å²) in [7, 11) is 0. The van der Waals surface area contributed by atoms with Crippen LogP contribution in [0.2, 0.25) is 0 Å². The number of aromatic amines is 1. The number of pyridine rings is 1. The summed E-state index contributed by atoms with van der Waals surface area (Å²) in [4.78, 5) is 47.7. The van der Waals surface area contributed by atoms with Crippen molar-refractivity contribution < 1.29 is 19.1 Å². The van der Waals surface area contributed by atoms with Crippen LogP contribution in [0.5, 0.6) is 0 Å². The lowest BCUT2D eigenvalue weighted by Crippen LogP contribution is -2.37. The molecule has 0 fully saturated rings. The van der Waals surface area contributed by atoms with E-state index in [1.165, 1.54) is 11.1 Å². The number of carbonyl (C=O) groups is 3. The molecule has 9 heteroatoms. The van der Waals surface area contributed by atoms with Crippen molar-refractivity contribution in [3.8, 4) is 0 Å². The number of anilines is 1. The zero-order chi connectivity index (χ0) is 27.2. The Morgan fingerprint density at radius 2 is 1.84 bits per heavy atom. The molecule has 0 spiro atoms. The highest BCUT2D eigenvalue weighted by molar-refractivity contribution is 6.12. The second kappa shape index (κ2) is 11.5. The van der Waals surface area contributed by atoms with E-state index in [1.54, 1.807) is 55.5 Å². The maximum Gasteiger partial charge on any atom is 0.326 e. The molecule has 38 heavy (non-hydrogen) atoms. The number of ether oxygens (including phenoxy) is 1. The molecule has 2 aromatic carbocycles. The Kier molecular flexibility index (Phi) is 7.96. The molecule has 9 nitrogen and oxygen atoms in total. The molecule has 0 aliphatic heterocycles. The third kappa shape index (κ3) is 5.78. The van der Waals surface area contributed by atoms with Gasteiger partial charge in [0.05, 0.1) is 6.61 Å². The summed E-state index contributed by atoms with van der Waals surface area (Å²) in [6.45, 7) is 3.44. The maximum absolute atomic E-state index is 13.3. The van der Waals surface area contributed by atoms with Gasteiger partial charge in [-0.05, 0) is 56.2 Å². The van der Waals surface area contributed by atoms with Crippen molar-refractivity contribution in [2.45, 2.75) is 26.7 Å². The van der Waals surface area contributed by atoms with Crippen LogP contribution in [0.25, 0.3) is 10.9 Å². The van der Waals surface area contributed by atoms with Crippen molar-refractivity contribution in [1.29, 1.82) is 5.41 Å². The van der Waals surface area contributed by atoms with E-state index in [2.05, 4.69) is 9.97 Å². The summed E-state index contributed by atoms with van der Waals surface area (Å²) in [6, 6.07) is 17.5. The van der Waals surface area contributed by atoms with Gasteiger partial charge in [-0.1, -0.05) is 30.3 Å². The highest BCUT2D eigenvalue weighted by Crippen LogP contribution is 2.29. The number of hydrogen-bond donors (Lipinski definition) is 3. The lowest BCUT2D eigenvalue weighted by atomic mass is 9.99. The van der Waals surface area contributed by atoms with Crippen LogP contribution in [0.1, 0.15) is 51.0 Å². The number of amidine groups is 1. The largest absolute Gasteiger partial charge is 0.465 e. The smallest absolute Gasteiger partial charge is 0.326 e. The molecular formula is C29H29N5O4. The Morgan fingerprint density at radius 3 is 2.50 bits per heavy atom. The molecular weight excluding hydrogens is 482 g/mol. The number of fused-ring (bicyclic) bond motifs is 1. The zero-order valence-electron chi connectivity index (χ0n) is 21.3. The molecule has 4 aromatic rings. The van der Waals surface area contributed by atoms with Crippen molar-refractivity contribution in [2.75, 3.05) is 18.1 Å². The molecule has 0 aliphatic rings. The van der Waals surface area contributed by atoms with E-state index in [4.69, 9.17) is 15.9 Å². The summed E-state index contributed by atoms with van der Waals surface area (Å²) < 4.78 is 5.10. The van der Waals surface area contributed by atoms with Gasteiger partial charge in [0.15, 0.2) is 5.78 Å². The second-order valence-corrected chi connectivity index (χ2v) is 8.80. The quantitative estimate of drug-likeness (QED) is 0.126. The minimum Gasteiger partial charge on any atom is -0.465 e. The number of nitrogens with one attached hydrogen (secondary N) is 2. The third-order valence-corrected chi connectivity index (χ3v) is 6.19. The van der Waals surface area contributed by atoms with E-state index in [1.807, 2.05) is 19.1 Å². The van der Waals surface area contributed by atoms with Gasteiger partial charge in [-0.2, -0.15) is 0 Å². The predicted octanol–water partition coefficient (Wildman–Crippen LogP) is 4.18. The van der Waals surface area contributed by atoms with Gasteiger partial charge in [-0.15, -0.1) is 0 Å². The Balaban J connectivity index is 1.64. The highest BCUT2D eigenvalue weighted by atomic mass is 16.5. The van der Waals surface area contributed by atoms with Gasteiger partial charge in [-0.25, -0.2) is 0 Å². The number of nitrogens with two attached hydrogens (primary N) is 1. The number of nitrogen functional groups attached to an aromatic ring is 1. The maximum atomic E-state index is 13.3. The fraction of sp³-hybridized carbons (Fsp3) is 0.207. The number of H-pyrrole nitrogens is 1. The fourth-order valence-corrected chi connectivity index (χ4v) is 4.32. The van der Waals surface area contributed by atoms with E-state index >= 15 is 0 Å². The molecule has 0 aliphatic carbocycles. The fourth-order valence-electron chi connectivity index (χ4n) is 4.32. The second-order valence-electron chi connectivity index (χ2n) is 8.80. The first-order valence-electron chi connectivity index (χ1n) is 12.3. The Labute approximate surface area is 220 Å². The number of carbonyl (C=O) groups excluding carboxylic acids is 3. The first kappa shape index (κ1) is 26.3. The number of aromatic nitrogens is 2. The van der Waals surface area contributed by atoms with E-state index in [9.17, 15) is 14.4 Å². The van der Waals surface area contributed by atoms with Crippen molar-refractivity contribution in [1.82, 2.24) is 9.97 Å². The number of Topliss-reactive ketones (excluding diaryl/α,β-unsaturated/α-hetero) is 1. The average Bonchev–Trinajstić information content (AvgIpc) is 3.25. The number of rotatable bonds is 10. The number of hydrogen-bond acceptors (Lipinski definition) is 6. The van der Waals surface area contributed by atoms with Gasteiger partial charge >= 0.3 is 5.97 Å². The summed E-state index contributed by atoms with van der Waals surface area (Å²) in [5, 5.41) is 8.18. The van der Waals surface area contributed by atoms with Crippen LogP contribution in [0, 0.1) is 12.3 Å². The minimum absolute atomic E-state index is 0.00336. The molecule has 0 saturated heterocycles. The van der Waals surface area contributed by atoms with Gasteiger partial charge in [0, 0.05) is 46.0 Å². The molecule has 0 radical (unpaired) electrons. The molecule has 0 saturated carbocycles. The van der Waals surface area contributed by atoms with Crippen LogP contribution in [0.15, 0.2) is 66.9 Å². The minimum atomic E-state index is -0.547. The first-order valence-corrected chi connectivity index (χ1v) is 12.3. The third-order valence-electron chi connectivity index (χ3n) is 6.19. The monoisotopic (exact) mass is 511 g/mol. The molecule has 2 heterocycles. The van der Waals surface area contributed by atoms with Gasteiger partial charge < -0.3 is 15.5 Å². The van der Waals surface area contributed by atoms with Crippen molar-refractivity contribution in [3.05, 3.63) is 94.9 Å².